The van der Waals surface area contributed by atoms with E-state index in [1.54, 1.807) is 0 Å². The number of benzene rings is 2. The molecule has 0 N–H and O–H groups in total. The zero-order chi connectivity index (χ0) is 21.2. The molecule has 0 radical (unpaired) electrons. The van der Waals surface area contributed by atoms with E-state index in [0.717, 1.165) is 37.6 Å². The first-order valence-electron chi connectivity index (χ1n) is 10.9. The summed E-state index contributed by atoms with van der Waals surface area (Å²) in [6.45, 7) is 7.25. The Kier molecular flexibility index (Phi) is 5.24. The molecule has 1 fully saturated rings. The van der Waals surface area contributed by atoms with Gasteiger partial charge in [-0.3, -0.25) is 4.98 Å². The van der Waals surface area contributed by atoms with Crippen LogP contribution in [0.4, 0.5) is 11.5 Å². The fourth-order valence-corrected chi connectivity index (χ4v) is 4.47. The molecule has 1 unspecified atom stereocenters. The molecule has 0 spiro atoms. The van der Waals surface area contributed by atoms with Gasteiger partial charge in [0.05, 0.1) is 5.69 Å². The molecule has 1 aliphatic rings. The lowest BCUT2D eigenvalue weighted by Gasteiger charge is -2.42. The van der Waals surface area contributed by atoms with E-state index in [9.17, 15) is 0 Å². The Morgan fingerprint density at radius 3 is 2.35 bits per heavy atom. The van der Waals surface area contributed by atoms with Crippen LogP contribution in [0.25, 0.3) is 10.8 Å². The van der Waals surface area contributed by atoms with Gasteiger partial charge < -0.3 is 9.80 Å². The summed E-state index contributed by atoms with van der Waals surface area (Å²) in [6, 6.07) is 21.8. The molecule has 2 aromatic carbocycles. The number of piperazine rings is 1. The largest absolute Gasteiger partial charge is 0.365 e. The Labute approximate surface area is 183 Å². The van der Waals surface area contributed by atoms with Gasteiger partial charge in [0.1, 0.15) is 0 Å². The zero-order valence-electron chi connectivity index (χ0n) is 18.1. The normalized spacial score (nSPS) is 16.6. The Morgan fingerprint density at radius 1 is 0.871 bits per heavy atom. The average Bonchev–Trinajstić information content (AvgIpc) is 2.81. The van der Waals surface area contributed by atoms with Gasteiger partial charge >= 0.3 is 0 Å². The lowest BCUT2D eigenvalue weighted by Crippen LogP contribution is -2.52. The highest BCUT2D eigenvalue weighted by atomic mass is 15.3. The molecule has 5 nitrogen and oxygen atoms in total. The van der Waals surface area contributed by atoms with Crippen LogP contribution in [0.2, 0.25) is 0 Å². The van der Waals surface area contributed by atoms with Gasteiger partial charge in [0, 0.05) is 61.0 Å². The summed E-state index contributed by atoms with van der Waals surface area (Å²) in [6.07, 6.45) is 4.41. The van der Waals surface area contributed by atoms with Crippen LogP contribution in [-0.2, 0) is 6.42 Å². The molecule has 31 heavy (non-hydrogen) atoms. The summed E-state index contributed by atoms with van der Waals surface area (Å²) < 4.78 is 0. The summed E-state index contributed by atoms with van der Waals surface area (Å²) in [5.41, 5.74) is 4.80. The SMILES string of the molecule is Cc1ccc(N2CCN(c3nnc(Cc4ccncc4)c4ccccc34)CC2C)cc1. The number of aromatic nitrogens is 3. The summed E-state index contributed by atoms with van der Waals surface area (Å²) in [5.74, 6) is 0.990. The van der Waals surface area contributed by atoms with Crippen LogP contribution in [-0.4, -0.2) is 40.9 Å². The Morgan fingerprint density at radius 2 is 1.61 bits per heavy atom. The van der Waals surface area contributed by atoms with E-state index in [2.05, 4.69) is 82.3 Å². The molecule has 0 saturated carbocycles. The maximum Gasteiger partial charge on any atom is 0.159 e. The molecule has 2 aromatic heterocycles. The number of nitrogens with zero attached hydrogens (tertiary/aromatic N) is 5. The van der Waals surface area contributed by atoms with Gasteiger partial charge in [-0.1, -0.05) is 42.0 Å². The number of aryl methyl sites for hydroxylation is 1. The first kappa shape index (κ1) is 19.5. The second kappa shape index (κ2) is 8.34. The second-order valence-corrected chi connectivity index (χ2v) is 8.37. The van der Waals surface area contributed by atoms with Crippen LogP contribution in [0, 0.1) is 6.92 Å². The maximum atomic E-state index is 4.71. The summed E-state index contributed by atoms with van der Waals surface area (Å²) in [5, 5.41) is 11.7. The van der Waals surface area contributed by atoms with Crippen LogP contribution in [0.15, 0.2) is 73.1 Å². The van der Waals surface area contributed by atoms with Crippen LogP contribution >= 0.6 is 0 Å². The third-order valence-corrected chi connectivity index (χ3v) is 6.16. The molecule has 0 amide bonds. The third-order valence-electron chi connectivity index (χ3n) is 6.16. The monoisotopic (exact) mass is 409 g/mol. The molecule has 5 heteroatoms. The Bertz CT molecular complexity index is 1170. The minimum Gasteiger partial charge on any atom is -0.365 e. The maximum absolute atomic E-state index is 4.71. The average molecular weight is 410 g/mol. The Hall–Kier alpha value is -3.47. The van der Waals surface area contributed by atoms with Gasteiger partial charge in [-0.15, -0.1) is 5.10 Å². The number of pyridine rings is 1. The van der Waals surface area contributed by atoms with Crippen molar-refractivity contribution in [2.45, 2.75) is 26.3 Å². The van der Waals surface area contributed by atoms with Crippen LogP contribution in [0.3, 0.4) is 0 Å². The van der Waals surface area contributed by atoms with Crippen molar-refractivity contribution in [3.8, 4) is 0 Å². The fraction of sp³-hybridized carbons (Fsp3) is 0.269. The standard InChI is InChI=1S/C26H27N5/c1-19-7-9-22(10-8-19)31-16-15-30(18-20(31)2)26-24-6-4-3-5-23(24)25(28-29-26)17-21-11-13-27-14-12-21/h3-14,20H,15-18H2,1-2H3. The van der Waals surface area contributed by atoms with E-state index >= 15 is 0 Å². The molecule has 0 aliphatic carbocycles. The molecular weight excluding hydrogens is 382 g/mol. The van der Waals surface area contributed by atoms with Crippen molar-refractivity contribution in [2.24, 2.45) is 0 Å². The first-order valence-corrected chi connectivity index (χ1v) is 10.9. The predicted octanol–water partition coefficient (Wildman–Crippen LogP) is 4.64. The number of hydrogen-bond donors (Lipinski definition) is 0. The van der Waals surface area contributed by atoms with E-state index < -0.39 is 0 Å². The molecule has 1 aliphatic heterocycles. The van der Waals surface area contributed by atoms with Crippen molar-refractivity contribution in [3.63, 3.8) is 0 Å². The molecule has 1 saturated heterocycles. The van der Waals surface area contributed by atoms with E-state index in [4.69, 9.17) is 5.10 Å². The van der Waals surface area contributed by atoms with Crippen molar-refractivity contribution in [2.75, 3.05) is 29.4 Å². The highest BCUT2D eigenvalue weighted by Crippen LogP contribution is 2.30. The van der Waals surface area contributed by atoms with Crippen molar-refractivity contribution >= 4 is 22.3 Å². The second-order valence-electron chi connectivity index (χ2n) is 8.37. The molecule has 1 atom stereocenters. The predicted molar refractivity (Wildman–Crippen MR) is 127 cm³/mol. The molecule has 3 heterocycles. The van der Waals surface area contributed by atoms with Gasteiger partial charge in [0.15, 0.2) is 5.82 Å². The summed E-state index contributed by atoms with van der Waals surface area (Å²) in [4.78, 5) is 9.00. The zero-order valence-corrected chi connectivity index (χ0v) is 18.1. The van der Waals surface area contributed by atoms with Gasteiger partial charge in [-0.25, -0.2) is 0 Å². The van der Waals surface area contributed by atoms with Gasteiger partial charge in [0.2, 0.25) is 0 Å². The van der Waals surface area contributed by atoms with E-state index in [-0.39, 0.29) is 0 Å². The van der Waals surface area contributed by atoms with Crippen LogP contribution < -0.4 is 9.80 Å². The lowest BCUT2D eigenvalue weighted by atomic mass is 10.0. The third kappa shape index (κ3) is 3.96. The highest BCUT2D eigenvalue weighted by molar-refractivity contribution is 5.93. The number of rotatable bonds is 4. The lowest BCUT2D eigenvalue weighted by molar-refractivity contribution is 0.546. The van der Waals surface area contributed by atoms with E-state index in [1.165, 1.54) is 27.6 Å². The molecule has 0 bridgehead atoms. The van der Waals surface area contributed by atoms with Crippen molar-refractivity contribution in [1.29, 1.82) is 0 Å². The molecule has 5 rings (SSSR count). The van der Waals surface area contributed by atoms with Gasteiger partial charge in [0.25, 0.3) is 0 Å². The van der Waals surface area contributed by atoms with Crippen LogP contribution in [0.5, 0.6) is 0 Å². The minimum atomic E-state index is 0.397. The highest BCUT2D eigenvalue weighted by Gasteiger charge is 2.26. The molecule has 4 aromatic rings. The minimum absolute atomic E-state index is 0.397. The van der Waals surface area contributed by atoms with Gasteiger partial charge in [-0.05, 0) is 43.7 Å². The summed E-state index contributed by atoms with van der Waals surface area (Å²) >= 11 is 0. The first-order chi connectivity index (χ1) is 15.2. The number of anilines is 2. The van der Waals surface area contributed by atoms with Crippen molar-refractivity contribution in [1.82, 2.24) is 15.2 Å². The topological polar surface area (TPSA) is 45.2 Å². The van der Waals surface area contributed by atoms with E-state index in [1.807, 2.05) is 24.5 Å². The Balaban J connectivity index is 1.42. The smallest absolute Gasteiger partial charge is 0.159 e. The number of hydrogen-bond acceptors (Lipinski definition) is 5. The van der Waals surface area contributed by atoms with E-state index in [0.29, 0.717) is 6.04 Å². The fourth-order valence-electron chi connectivity index (χ4n) is 4.47. The number of fused-ring (bicyclic) bond motifs is 1. The van der Waals surface area contributed by atoms with Crippen molar-refractivity contribution in [3.05, 3.63) is 89.9 Å². The quantitative estimate of drug-likeness (QED) is 0.491. The molecule has 156 valence electrons. The van der Waals surface area contributed by atoms with Crippen LogP contribution in [0.1, 0.15) is 23.7 Å². The van der Waals surface area contributed by atoms with Gasteiger partial charge in [-0.2, -0.15) is 5.10 Å². The van der Waals surface area contributed by atoms with Crippen molar-refractivity contribution < 1.29 is 0 Å². The summed E-state index contributed by atoms with van der Waals surface area (Å²) in [7, 11) is 0. The molecular formula is C26H27N5.